The molecule has 2 amide bonds. The van der Waals surface area contributed by atoms with E-state index in [0.29, 0.717) is 19.4 Å². The van der Waals surface area contributed by atoms with Crippen LogP contribution in [0.4, 0.5) is 0 Å². The van der Waals surface area contributed by atoms with Crippen molar-refractivity contribution in [2.45, 2.75) is 46.5 Å². The number of aromatic nitrogens is 1. The quantitative estimate of drug-likeness (QED) is 0.812. The maximum atomic E-state index is 13.0. The summed E-state index contributed by atoms with van der Waals surface area (Å²) in [6, 6.07) is 12.3. The highest BCUT2D eigenvalue weighted by Gasteiger charge is 2.43. The van der Waals surface area contributed by atoms with Gasteiger partial charge in [0.1, 0.15) is 0 Å². The molecule has 0 spiro atoms. The van der Waals surface area contributed by atoms with Crippen LogP contribution in [-0.4, -0.2) is 41.8 Å². The van der Waals surface area contributed by atoms with E-state index in [2.05, 4.69) is 49.3 Å². The molecule has 160 valence electrons. The van der Waals surface area contributed by atoms with Gasteiger partial charge in [0.2, 0.25) is 11.8 Å². The van der Waals surface area contributed by atoms with E-state index in [1.807, 2.05) is 29.3 Å². The number of benzene rings is 1. The molecule has 1 aromatic carbocycles. The maximum absolute atomic E-state index is 13.0. The second kappa shape index (κ2) is 8.99. The van der Waals surface area contributed by atoms with Crippen LogP contribution in [0.2, 0.25) is 0 Å². The first-order valence-electron chi connectivity index (χ1n) is 10.7. The van der Waals surface area contributed by atoms with Crippen LogP contribution in [0.25, 0.3) is 11.1 Å². The summed E-state index contributed by atoms with van der Waals surface area (Å²) in [4.78, 5) is 32.0. The third-order valence-corrected chi connectivity index (χ3v) is 5.78. The van der Waals surface area contributed by atoms with Gasteiger partial charge in [0.05, 0.1) is 5.41 Å². The molecule has 0 bridgehead atoms. The number of likely N-dealkylation sites (tertiary alicyclic amines) is 1. The topological polar surface area (TPSA) is 62.3 Å². The Hall–Kier alpha value is -2.69. The fourth-order valence-electron chi connectivity index (χ4n) is 4.37. The van der Waals surface area contributed by atoms with E-state index in [0.717, 1.165) is 36.1 Å². The first-order chi connectivity index (χ1) is 14.2. The van der Waals surface area contributed by atoms with Gasteiger partial charge in [0.25, 0.3) is 0 Å². The molecule has 0 radical (unpaired) electrons. The van der Waals surface area contributed by atoms with E-state index in [4.69, 9.17) is 0 Å². The summed E-state index contributed by atoms with van der Waals surface area (Å²) in [5.41, 5.74) is 2.57. The van der Waals surface area contributed by atoms with Crippen LogP contribution < -0.4 is 5.32 Å². The summed E-state index contributed by atoms with van der Waals surface area (Å²) in [5.74, 6) is 0.155. The molecular weight excluding hydrogens is 374 g/mol. The first-order valence-corrected chi connectivity index (χ1v) is 10.7. The van der Waals surface area contributed by atoms with Crippen molar-refractivity contribution in [3.05, 3.63) is 54.4 Å². The normalized spacial score (nSPS) is 19.4. The van der Waals surface area contributed by atoms with Gasteiger partial charge in [-0.25, -0.2) is 0 Å². The number of nitrogens with one attached hydrogen (secondary N) is 1. The lowest BCUT2D eigenvalue weighted by atomic mass is 9.73. The minimum absolute atomic E-state index is 0.0162. The first kappa shape index (κ1) is 22.0. The van der Waals surface area contributed by atoms with E-state index in [1.165, 1.54) is 0 Å². The average Bonchev–Trinajstić information content (AvgIpc) is 2.73. The number of rotatable bonds is 5. The Morgan fingerprint density at radius 2 is 1.93 bits per heavy atom. The maximum Gasteiger partial charge on any atom is 0.228 e. The molecule has 2 heterocycles. The number of pyridine rings is 1. The molecule has 1 fully saturated rings. The zero-order chi connectivity index (χ0) is 21.8. The molecule has 0 saturated carbocycles. The van der Waals surface area contributed by atoms with Gasteiger partial charge in [-0.3, -0.25) is 14.6 Å². The molecule has 1 unspecified atom stereocenters. The predicted molar refractivity (Wildman–Crippen MR) is 120 cm³/mol. The van der Waals surface area contributed by atoms with Gasteiger partial charge in [0.15, 0.2) is 0 Å². The molecule has 2 aromatic rings. The fraction of sp³-hybridized carbons (Fsp3) is 0.480. The van der Waals surface area contributed by atoms with Gasteiger partial charge >= 0.3 is 0 Å². The second-order valence-corrected chi connectivity index (χ2v) is 9.63. The zero-order valence-corrected chi connectivity index (χ0v) is 18.6. The largest absolute Gasteiger partial charge is 0.359 e. The Labute approximate surface area is 179 Å². The van der Waals surface area contributed by atoms with Crippen molar-refractivity contribution in [3.8, 4) is 11.1 Å². The van der Waals surface area contributed by atoms with Crippen molar-refractivity contribution >= 4 is 11.8 Å². The van der Waals surface area contributed by atoms with Crippen LogP contribution in [0.5, 0.6) is 0 Å². The van der Waals surface area contributed by atoms with Crippen molar-refractivity contribution in [2.75, 3.05) is 20.1 Å². The highest BCUT2D eigenvalue weighted by atomic mass is 16.2. The zero-order valence-electron chi connectivity index (χ0n) is 18.6. The lowest BCUT2D eigenvalue weighted by Gasteiger charge is -2.42. The van der Waals surface area contributed by atoms with Crippen LogP contribution in [0.1, 0.15) is 45.6 Å². The Morgan fingerprint density at radius 3 is 2.60 bits per heavy atom. The highest BCUT2D eigenvalue weighted by Crippen LogP contribution is 2.36. The van der Waals surface area contributed by atoms with Gasteiger partial charge in [-0.1, -0.05) is 51.1 Å². The Kier molecular flexibility index (Phi) is 6.59. The Morgan fingerprint density at radius 1 is 1.17 bits per heavy atom. The smallest absolute Gasteiger partial charge is 0.228 e. The van der Waals surface area contributed by atoms with E-state index in [-0.39, 0.29) is 17.2 Å². The van der Waals surface area contributed by atoms with Crippen molar-refractivity contribution < 1.29 is 9.59 Å². The van der Waals surface area contributed by atoms with E-state index < -0.39 is 5.41 Å². The standard InChI is InChI=1S/C25H33N3O2/c1-24(2,3)16-22(29)28-13-7-11-25(18-28,23(30)26-4)15-19-8-5-9-20(14-19)21-10-6-12-27-17-21/h5-6,8-10,12,14,17H,7,11,13,15-16,18H2,1-4H3,(H,26,30). The summed E-state index contributed by atoms with van der Waals surface area (Å²) in [5, 5.41) is 2.86. The molecule has 1 atom stereocenters. The molecule has 0 aliphatic carbocycles. The number of hydrogen-bond acceptors (Lipinski definition) is 3. The lowest BCUT2D eigenvalue weighted by Crippen LogP contribution is -2.54. The van der Waals surface area contributed by atoms with Gasteiger partial charge in [0, 0.05) is 39.0 Å². The van der Waals surface area contributed by atoms with Crippen molar-refractivity contribution in [1.29, 1.82) is 0 Å². The molecule has 1 aromatic heterocycles. The number of piperidine rings is 1. The van der Waals surface area contributed by atoms with Crippen LogP contribution in [-0.2, 0) is 16.0 Å². The number of nitrogens with zero attached hydrogens (tertiary/aromatic N) is 2. The fourth-order valence-corrected chi connectivity index (χ4v) is 4.37. The van der Waals surface area contributed by atoms with E-state index in [1.54, 1.807) is 13.2 Å². The van der Waals surface area contributed by atoms with Crippen molar-refractivity contribution in [2.24, 2.45) is 10.8 Å². The van der Waals surface area contributed by atoms with Crippen LogP contribution >= 0.6 is 0 Å². The third kappa shape index (κ3) is 5.26. The minimum Gasteiger partial charge on any atom is -0.359 e. The monoisotopic (exact) mass is 407 g/mol. The van der Waals surface area contributed by atoms with Gasteiger partial charge < -0.3 is 10.2 Å². The molecule has 30 heavy (non-hydrogen) atoms. The highest BCUT2D eigenvalue weighted by molar-refractivity contribution is 5.85. The van der Waals surface area contributed by atoms with E-state index in [9.17, 15) is 9.59 Å². The summed E-state index contributed by atoms with van der Waals surface area (Å²) in [6.07, 6.45) is 6.34. The number of hydrogen-bond donors (Lipinski definition) is 1. The molecule has 1 saturated heterocycles. The van der Waals surface area contributed by atoms with Crippen LogP contribution in [0.15, 0.2) is 48.8 Å². The van der Waals surface area contributed by atoms with Crippen LogP contribution in [0, 0.1) is 10.8 Å². The molecule has 5 heteroatoms. The summed E-state index contributed by atoms with van der Waals surface area (Å²) in [6.45, 7) is 7.42. The molecule has 1 aliphatic heterocycles. The predicted octanol–water partition coefficient (Wildman–Crippen LogP) is 4.08. The van der Waals surface area contributed by atoms with Gasteiger partial charge in [-0.15, -0.1) is 0 Å². The number of amides is 2. The number of carbonyl (C=O) groups is 2. The van der Waals surface area contributed by atoms with Gasteiger partial charge in [-0.05, 0) is 47.4 Å². The second-order valence-electron chi connectivity index (χ2n) is 9.63. The third-order valence-electron chi connectivity index (χ3n) is 5.78. The molecule has 3 rings (SSSR count). The summed E-state index contributed by atoms with van der Waals surface area (Å²) >= 11 is 0. The van der Waals surface area contributed by atoms with Crippen LogP contribution in [0.3, 0.4) is 0 Å². The van der Waals surface area contributed by atoms with Gasteiger partial charge in [-0.2, -0.15) is 0 Å². The summed E-state index contributed by atoms with van der Waals surface area (Å²) in [7, 11) is 1.69. The lowest BCUT2D eigenvalue weighted by molar-refractivity contribution is -0.142. The number of carbonyl (C=O) groups excluding carboxylic acids is 2. The Bertz CT molecular complexity index is 889. The summed E-state index contributed by atoms with van der Waals surface area (Å²) < 4.78 is 0. The molecule has 1 aliphatic rings. The molecule has 5 nitrogen and oxygen atoms in total. The minimum atomic E-state index is -0.603. The van der Waals surface area contributed by atoms with Crippen molar-refractivity contribution in [3.63, 3.8) is 0 Å². The van der Waals surface area contributed by atoms with E-state index >= 15 is 0 Å². The average molecular weight is 408 g/mol. The van der Waals surface area contributed by atoms with Crippen molar-refractivity contribution in [1.82, 2.24) is 15.2 Å². The SMILES string of the molecule is CNC(=O)C1(Cc2cccc(-c3cccnc3)c2)CCCN(C(=O)CC(C)(C)C)C1. The Balaban J connectivity index is 1.86. The molecular formula is C25H33N3O2. The molecule has 1 N–H and O–H groups in total.